The van der Waals surface area contributed by atoms with E-state index in [1.165, 1.54) is 25.5 Å². The molecule has 2 atom stereocenters. The number of carbonyl (C=O) groups is 1. The van der Waals surface area contributed by atoms with Gasteiger partial charge in [0.2, 0.25) is 0 Å². The Morgan fingerprint density at radius 3 is 2.55 bits per heavy atom. The topological polar surface area (TPSA) is 47.6 Å². The first-order valence-electron chi connectivity index (χ1n) is 8.21. The van der Waals surface area contributed by atoms with Gasteiger partial charge in [0, 0.05) is 6.54 Å². The molecule has 1 aromatic rings. The first-order chi connectivity index (χ1) is 10.7. The second-order valence-corrected chi connectivity index (χ2v) is 5.43. The van der Waals surface area contributed by atoms with Crippen LogP contribution >= 0.6 is 0 Å². The number of rotatable bonds is 10. The number of nitrogens with one attached hydrogen (secondary N) is 1. The van der Waals surface area contributed by atoms with Crippen molar-refractivity contribution in [1.29, 1.82) is 0 Å². The predicted octanol–water partition coefficient (Wildman–Crippen LogP) is 4.32. The number of unbranched alkanes of at least 4 members (excludes halogenated alkanes) is 1. The highest BCUT2D eigenvalue weighted by atomic mass is 16.5. The molecule has 4 nitrogen and oxygen atoms in total. The first kappa shape index (κ1) is 18.5. The number of alkyl carbamates (subject to hydrolysis) is 1. The quantitative estimate of drug-likeness (QED) is 0.655. The highest BCUT2D eigenvalue weighted by Crippen LogP contribution is 2.32. The van der Waals surface area contributed by atoms with Gasteiger partial charge in [0.25, 0.3) is 0 Å². The number of ether oxygens (including phenoxy) is 2. The third-order valence-corrected chi connectivity index (χ3v) is 3.86. The number of benzene rings is 1. The lowest BCUT2D eigenvalue weighted by Gasteiger charge is -2.27. The Labute approximate surface area is 134 Å². The third-order valence-electron chi connectivity index (χ3n) is 3.86. The number of hydrogen-bond acceptors (Lipinski definition) is 3. The van der Waals surface area contributed by atoms with Crippen molar-refractivity contribution in [3.8, 4) is 0 Å². The van der Waals surface area contributed by atoms with E-state index in [9.17, 15) is 4.79 Å². The monoisotopic (exact) mass is 307 g/mol. The molecule has 4 heteroatoms. The lowest BCUT2D eigenvalue weighted by atomic mass is 9.89. The number of amides is 1. The van der Waals surface area contributed by atoms with E-state index in [2.05, 4.69) is 36.0 Å². The number of carbonyl (C=O) groups excluding carboxylic acids is 1. The summed E-state index contributed by atoms with van der Waals surface area (Å²) in [7, 11) is 1.36. The van der Waals surface area contributed by atoms with Crippen LogP contribution in [-0.2, 0) is 9.47 Å². The summed E-state index contributed by atoms with van der Waals surface area (Å²) >= 11 is 0. The average molecular weight is 307 g/mol. The molecule has 0 saturated heterocycles. The average Bonchev–Trinajstić information content (AvgIpc) is 2.57. The van der Waals surface area contributed by atoms with Gasteiger partial charge in [-0.05, 0) is 17.9 Å². The molecule has 0 radical (unpaired) electrons. The Kier molecular flexibility index (Phi) is 9.31. The van der Waals surface area contributed by atoms with Crippen LogP contribution in [0.15, 0.2) is 30.3 Å². The fraction of sp³-hybridized carbons (Fsp3) is 0.611. The SMILES string of the molecule is CCCC[C@H](CC)[C@@H](OCCNC(=O)OC)c1ccccc1. The van der Waals surface area contributed by atoms with E-state index in [4.69, 9.17) is 4.74 Å². The summed E-state index contributed by atoms with van der Waals surface area (Å²) in [6, 6.07) is 10.3. The largest absolute Gasteiger partial charge is 0.453 e. The van der Waals surface area contributed by atoms with Crippen LogP contribution < -0.4 is 5.32 Å². The summed E-state index contributed by atoms with van der Waals surface area (Å²) in [6.45, 7) is 5.37. The smallest absolute Gasteiger partial charge is 0.406 e. The molecule has 0 aliphatic carbocycles. The van der Waals surface area contributed by atoms with E-state index in [1.807, 2.05) is 18.2 Å². The number of hydrogen-bond donors (Lipinski definition) is 1. The van der Waals surface area contributed by atoms with Crippen molar-refractivity contribution in [3.63, 3.8) is 0 Å². The maximum absolute atomic E-state index is 11.1. The molecule has 1 N–H and O–H groups in total. The molecule has 1 rings (SSSR count). The van der Waals surface area contributed by atoms with Crippen molar-refractivity contribution in [2.75, 3.05) is 20.3 Å². The lowest BCUT2D eigenvalue weighted by Crippen LogP contribution is -2.28. The van der Waals surface area contributed by atoms with Gasteiger partial charge in [0.15, 0.2) is 0 Å². The first-order valence-corrected chi connectivity index (χ1v) is 8.21. The van der Waals surface area contributed by atoms with Crippen molar-refractivity contribution >= 4 is 6.09 Å². The van der Waals surface area contributed by atoms with Crippen LogP contribution in [0.3, 0.4) is 0 Å². The molecule has 0 fully saturated rings. The number of methoxy groups -OCH3 is 1. The van der Waals surface area contributed by atoms with Gasteiger partial charge in [0.05, 0.1) is 19.8 Å². The summed E-state index contributed by atoms with van der Waals surface area (Å²) in [4.78, 5) is 11.1. The van der Waals surface area contributed by atoms with E-state index in [1.54, 1.807) is 0 Å². The maximum Gasteiger partial charge on any atom is 0.406 e. The summed E-state index contributed by atoms with van der Waals surface area (Å²) in [5, 5.41) is 2.65. The summed E-state index contributed by atoms with van der Waals surface area (Å²) in [5.41, 5.74) is 1.21. The predicted molar refractivity (Wildman–Crippen MR) is 88.8 cm³/mol. The van der Waals surface area contributed by atoms with Gasteiger partial charge in [-0.25, -0.2) is 4.79 Å². The zero-order chi connectivity index (χ0) is 16.2. The highest BCUT2D eigenvalue weighted by Gasteiger charge is 2.22. The van der Waals surface area contributed by atoms with Gasteiger partial charge in [0.1, 0.15) is 0 Å². The molecule has 0 heterocycles. The second-order valence-electron chi connectivity index (χ2n) is 5.43. The van der Waals surface area contributed by atoms with Crippen LogP contribution in [0.2, 0.25) is 0 Å². The summed E-state index contributed by atoms with van der Waals surface area (Å²) < 4.78 is 10.7. The van der Waals surface area contributed by atoms with Gasteiger partial charge in [-0.1, -0.05) is 63.4 Å². The molecular weight excluding hydrogens is 278 g/mol. The van der Waals surface area contributed by atoms with E-state index >= 15 is 0 Å². The van der Waals surface area contributed by atoms with Crippen molar-refractivity contribution in [1.82, 2.24) is 5.32 Å². The van der Waals surface area contributed by atoms with Gasteiger partial charge >= 0.3 is 6.09 Å². The van der Waals surface area contributed by atoms with E-state index < -0.39 is 6.09 Å². The Hall–Kier alpha value is -1.55. The molecule has 0 spiro atoms. The van der Waals surface area contributed by atoms with Crippen LogP contribution in [0.5, 0.6) is 0 Å². The van der Waals surface area contributed by atoms with Crippen LogP contribution in [-0.4, -0.2) is 26.4 Å². The van der Waals surface area contributed by atoms with Crippen molar-refractivity contribution in [2.24, 2.45) is 5.92 Å². The van der Waals surface area contributed by atoms with Crippen LogP contribution in [0.25, 0.3) is 0 Å². The van der Waals surface area contributed by atoms with Gasteiger partial charge in [-0.2, -0.15) is 0 Å². The van der Waals surface area contributed by atoms with Crippen LogP contribution in [0.1, 0.15) is 51.2 Å². The molecule has 0 saturated carbocycles. The Balaban J connectivity index is 2.63. The fourth-order valence-electron chi connectivity index (χ4n) is 2.59. The standard InChI is InChI=1S/C18H29NO3/c1-4-6-10-15(5-2)17(16-11-8-7-9-12-16)22-14-13-19-18(20)21-3/h7-9,11-12,15,17H,4-6,10,13-14H2,1-3H3,(H,19,20)/t15-,17+/m0/s1. The molecule has 0 bridgehead atoms. The normalized spacial score (nSPS) is 13.4. The lowest BCUT2D eigenvalue weighted by molar-refractivity contribution is 0.00743. The molecule has 0 unspecified atom stereocenters. The Morgan fingerprint density at radius 2 is 1.95 bits per heavy atom. The minimum Gasteiger partial charge on any atom is -0.453 e. The van der Waals surface area contributed by atoms with Crippen LogP contribution in [0, 0.1) is 5.92 Å². The summed E-state index contributed by atoms with van der Waals surface area (Å²) in [5.74, 6) is 0.500. The zero-order valence-corrected chi connectivity index (χ0v) is 14.0. The Morgan fingerprint density at radius 1 is 1.23 bits per heavy atom. The van der Waals surface area contributed by atoms with E-state index in [0.29, 0.717) is 19.1 Å². The molecule has 1 amide bonds. The highest BCUT2D eigenvalue weighted by molar-refractivity contribution is 5.66. The van der Waals surface area contributed by atoms with Gasteiger partial charge in [-0.3, -0.25) is 0 Å². The van der Waals surface area contributed by atoms with Gasteiger partial charge < -0.3 is 14.8 Å². The van der Waals surface area contributed by atoms with Crippen molar-refractivity contribution < 1.29 is 14.3 Å². The maximum atomic E-state index is 11.1. The van der Waals surface area contributed by atoms with Crippen molar-refractivity contribution in [3.05, 3.63) is 35.9 Å². The van der Waals surface area contributed by atoms with E-state index in [0.717, 1.165) is 12.8 Å². The fourth-order valence-corrected chi connectivity index (χ4v) is 2.59. The molecule has 0 aliphatic heterocycles. The Bertz CT molecular complexity index is 408. The van der Waals surface area contributed by atoms with E-state index in [-0.39, 0.29) is 6.10 Å². The zero-order valence-electron chi connectivity index (χ0n) is 14.0. The second kappa shape index (κ2) is 11.1. The van der Waals surface area contributed by atoms with Crippen LogP contribution in [0.4, 0.5) is 4.79 Å². The minimum atomic E-state index is -0.419. The summed E-state index contributed by atoms with van der Waals surface area (Å²) in [6.07, 6.45) is 4.32. The molecule has 1 aromatic carbocycles. The minimum absolute atomic E-state index is 0.0807. The third kappa shape index (κ3) is 6.48. The molecule has 124 valence electrons. The molecular formula is C18H29NO3. The molecule has 0 aromatic heterocycles. The molecule has 0 aliphatic rings. The molecule has 22 heavy (non-hydrogen) atoms. The van der Waals surface area contributed by atoms with Crippen molar-refractivity contribution in [2.45, 2.75) is 45.6 Å². The van der Waals surface area contributed by atoms with Gasteiger partial charge in [-0.15, -0.1) is 0 Å².